The number of amides is 1. The van der Waals surface area contributed by atoms with E-state index in [1.165, 1.54) is 17.3 Å². The van der Waals surface area contributed by atoms with E-state index in [9.17, 15) is 4.79 Å². The Hall–Kier alpha value is -1.89. The van der Waals surface area contributed by atoms with Gasteiger partial charge in [0.05, 0.1) is 11.3 Å². The molecule has 0 radical (unpaired) electrons. The summed E-state index contributed by atoms with van der Waals surface area (Å²) in [6.07, 6.45) is 2.23. The molecule has 1 aromatic heterocycles. The second-order valence-electron chi connectivity index (χ2n) is 6.90. The van der Waals surface area contributed by atoms with E-state index in [4.69, 9.17) is 0 Å². The maximum absolute atomic E-state index is 12.5. The molecule has 3 rings (SSSR count). The van der Waals surface area contributed by atoms with E-state index in [1.807, 2.05) is 29.8 Å². The summed E-state index contributed by atoms with van der Waals surface area (Å²) in [6.45, 7) is 6.91. The third kappa shape index (κ3) is 4.60. The molecule has 1 heterocycles. The third-order valence-corrected chi connectivity index (χ3v) is 5.58. The second-order valence-corrected chi connectivity index (χ2v) is 8.21. The Kier molecular flexibility index (Phi) is 5.73. The zero-order valence-electron chi connectivity index (χ0n) is 14.9. The van der Waals surface area contributed by atoms with Gasteiger partial charge in [0.1, 0.15) is 0 Å². The molecular formula is C18H25N5OS. The van der Waals surface area contributed by atoms with Crippen molar-refractivity contribution in [2.75, 3.05) is 6.54 Å². The summed E-state index contributed by atoms with van der Waals surface area (Å²) >= 11 is 1.42. The minimum Gasteiger partial charge on any atom is -0.355 e. The number of rotatable bonds is 8. The summed E-state index contributed by atoms with van der Waals surface area (Å²) in [5.74, 6) is 0.781. The number of tetrazole rings is 1. The zero-order valence-corrected chi connectivity index (χ0v) is 15.7. The fourth-order valence-electron chi connectivity index (χ4n) is 2.82. The predicted molar refractivity (Wildman–Crippen MR) is 98.4 cm³/mol. The molecule has 0 spiro atoms. The number of aromatic nitrogens is 4. The molecule has 0 aliphatic heterocycles. The summed E-state index contributed by atoms with van der Waals surface area (Å²) in [6, 6.07) is 10.8. The summed E-state index contributed by atoms with van der Waals surface area (Å²) in [5, 5.41) is 15.4. The number of hydrogen-bond donors (Lipinski definition) is 1. The number of carbonyl (C=O) groups is 1. The Morgan fingerprint density at radius 3 is 2.64 bits per heavy atom. The topological polar surface area (TPSA) is 72.7 Å². The number of nitrogens with zero attached hydrogens (tertiary/aromatic N) is 4. The van der Waals surface area contributed by atoms with Gasteiger partial charge in [0.15, 0.2) is 0 Å². The molecule has 25 heavy (non-hydrogen) atoms. The summed E-state index contributed by atoms with van der Waals surface area (Å²) in [5.41, 5.74) is 1.26. The van der Waals surface area contributed by atoms with Gasteiger partial charge in [-0.15, -0.1) is 5.10 Å². The summed E-state index contributed by atoms with van der Waals surface area (Å²) < 4.78 is 1.84. The molecule has 1 aliphatic rings. The van der Waals surface area contributed by atoms with Crippen LogP contribution in [0, 0.1) is 5.92 Å². The molecule has 0 saturated heterocycles. The Morgan fingerprint density at radius 2 is 2.00 bits per heavy atom. The van der Waals surface area contributed by atoms with Crippen molar-refractivity contribution in [3.05, 3.63) is 35.9 Å². The van der Waals surface area contributed by atoms with E-state index in [-0.39, 0.29) is 11.2 Å². The van der Waals surface area contributed by atoms with Crippen molar-refractivity contribution in [1.82, 2.24) is 25.5 Å². The Morgan fingerprint density at radius 1 is 1.28 bits per heavy atom. The van der Waals surface area contributed by atoms with Gasteiger partial charge in [-0.2, -0.15) is 0 Å². The van der Waals surface area contributed by atoms with Crippen LogP contribution in [0.1, 0.15) is 51.1 Å². The zero-order chi connectivity index (χ0) is 17.8. The van der Waals surface area contributed by atoms with E-state index in [1.54, 1.807) is 0 Å². The molecule has 2 atom stereocenters. The Labute approximate surface area is 152 Å². The van der Waals surface area contributed by atoms with Gasteiger partial charge in [0.2, 0.25) is 11.1 Å². The third-order valence-electron chi connectivity index (χ3n) is 4.54. The van der Waals surface area contributed by atoms with Gasteiger partial charge >= 0.3 is 0 Å². The van der Waals surface area contributed by atoms with Crippen molar-refractivity contribution in [3.8, 4) is 0 Å². The van der Waals surface area contributed by atoms with Crippen LogP contribution in [0.25, 0.3) is 0 Å². The molecule has 134 valence electrons. The van der Waals surface area contributed by atoms with Crippen molar-refractivity contribution in [2.45, 2.75) is 56.0 Å². The van der Waals surface area contributed by atoms with Crippen LogP contribution in [-0.4, -0.2) is 37.9 Å². The maximum atomic E-state index is 12.5. The molecule has 7 heteroatoms. The molecule has 0 bridgehead atoms. The van der Waals surface area contributed by atoms with Crippen LogP contribution in [0.2, 0.25) is 0 Å². The highest BCUT2D eigenvalue weighted by Crippen LogP contribution is 2.37. The minimum atomic E-state index is -0.230. The lowest BCUT2D eigenvalue weighted by atomic mass is 9.88. The number of carbonyl (C=O) groups excluding carboxylic acids is 1. The first-order valence-corrected chi connectivity index (χ1v) is 9.71. The van der Waals surface area contributed by atoms with Gasteiger partial charge in [0, 0.05) is 12.5 Å². The van der Waals surface area contributed by atoms with E-state index in [0.717, 1.165) is 18.0 Å². The highest BCUT2D eigenvalue weighted by molar-refractivity contribution is 8.00. The molecule has 2 unspecified atom stereocenters. The average Bonchev–Trinajstić information content (AvgIpc) is 3.35. The van der Waals surface area contributed by atoms with Crippen LogP contribution in [0.15, 0.2) is 35.5 Å². The molecule has 6 nitrogen and oxygen atoms in total. The monoisotopic (exact) mass is 359 g/mol. The molecule has 1 fully saturated rings. The minimum absolute atomic E-state index is 0.0249. The first-order chi connectivity index (χ1) is 12.1. The van der Waals surface area contributed by atoms with Gasteiger partial charge in [0.25, 0.3) is 0 Å². The van der Waals surface area contributed by atoms with Gasteiger partial charge in [-0.3, -0.25) is 4.79 Å². The number of thioether (sulfide) groups is 1. The van der Waals surface area contributed by atoms with Crippen molar-refractivity contribution in [2.24, 2.45) is 5.92 Å². The summed E-state index contributed by atoms with van der Waals surface area (Å²) in [4.78, 5) is 12.5. The number of hydrogen-bond acceptors (Lipinski definition) is 5. The van der Waals surface area contributed by atoms with Gasteiger partial charge in [-0.05, 0) is 41.7 Å². The van der Waals surface area contributed by atoms with Gasteiger partial charge in [-0.1, -0.05) is 55.9 Å². The molecule has 1 aliphatic carbocycles. The fourth-order valence-corrected chi connectivity index (χ4v) is 3.70. The highest BCUT2D eigenvalue weighted by Gasteiger charge is 2.29. The number of benzene rings is 1. The SMILES string of the molecule is CC(Sc1nnnn1C1CC1)C(=O)NCC(c1ccccc1)C(C)C. The first-order valence-electron chi connectivity index (χ1n) is 8.83. The highest BCUT2D eigenvalue weighted by atomic mass is 32.2. The average molecular weight is 359 g/mol. The normalized spacial score (nSPS) is 16.6. The summed E-state index contributed by atoms with van der Waals surface area (Å²) in [7, 11) is 0. The lowest BCUT2D eigenvalue weighted by Gasteiger charge is -2.22. The molecule has 1 aromatic carbocycles. The van der Waals surface area contributed by atoms with Crippen molar-refractivity contribution >= 4 is 17.7 Å². The van der Waals surface area contributed by atoms with E-state index >= 15 is 0 Å². The van der Waals surface area contributed by atoms with Crippen molar-refractivity contribution < 1.29 is 4.79 Å². The lowest BCUT2D eigenvalue weighted by molar-refractivity contribution is -0.120. The first kappa shape index (κ1) is 17.9. The lowest BCUT2D eigenvalue weighted by Crippen LogP contribution is -2.35. The van der Waals surface area contributed by atoms with Crippen LogP contribution < -0.4 is 5.32 Å². The van der Waals surface area contributed by atoms with E-state index in [0.29, 0.717) is 24.4 Å². The molecule has 1 N–H and O–H groups in total. The Bertz CT molecular complexity index is 699. The molecule has 1 saturated carbocycles. The molecular weight excluding hydrogens is 334 g/mol. The van der Waals surface area contributed by atoms with E-state index in [2.05, 4.69) is 46.8 Å². The Balaban J connectivity index is 1.56. The standard InChI is InChI=1S/C18H25N5OS/c1-12(2)16(14-7-5-4-6-8-14)11-19-17(24)13(3)25-18-20-21-22-23(18)15-9-10-15/h4-8,12-13,15-16H,9-11H2,1-3H3,(H,19,24). The second kappa shape index (κ2) is 7.99. The smallest absolute Gasteiger partial charge is 0.233 e. The van der Waals surface area contributed by atoms with Crippen LogP contribution in [0.5, 0.6) is 0 Å². The van der Waals surface area contributed by atoms with Crippen LogP contribution >= 0.6 is 11.8 Å². The largest absolute Gasteiger partial charge is 0.355 e. The van der Waals surface area contributed by atoms with E-state index < -0.39 is 0 Å². The quantitative estimate of drug-likeness (QED) is 0.734. The van der Waals surface area contributed by atoms with Gasteiger partial charge < -0.3 is 5.32 Å². The predicted octanol–water partition coefficient (Wildman–Crippen LogP) is 3.04. The molecule has 2 aromatic rings. The molecule has 1 amide bonds. The van der Waals surface area contributed by atoms with Crippen LogP contribution in [0.4, 0.5) is 0 Å². The van der Waals surface area contributed by atoms with Gasteiger partial charge in [-0.25, -0.2) is 4.68 Å². The fraction of sp³-hybridized carbons (Fsp3) is 0.556. The van der Waals surface area contributed by atoms with Crippen molar-refractivity contribution in [1.29, 1.82) is 0 Å². The van der Waals surface area contributed by atoms with Crippen LogP contribution in [-0.2, 0) is 4.79 Å². The van der Waals surface area contributed by atoms with Crippen molar-refractivity contribution in [3.63, 3.8) is 0 Å². The maximum Gasteiger partial charge on any atom is 0.233 e. The number of nitrogens with one attached hydrogen (secondary N) is 1. The van der Waals surface area contributed by atoms with Crippen LogP contribution in [0.3, 0.4) is 0 Å².